The van der Waals surface area contributed by atoms with Crippen LogP contribution in [-0.2, 0) is 14.8 Å². The lowest BCUT2D eigenvalue weighted by Crippen LogP contribution is -2.32. The van der Waals surface area contributed by atoms with E-state index in [0.717, 1.165) is 43.0 Å². The average Bonchev–Trinajstić information content (AvgIpc) is 2.97. The lowest BCUT2D eigenvalue weighted by atomic mass is 10.2. The molecule has 2 aromatic carbocycles. The first-order valence-corrected chi connectivity index (χ1v) is 10.8. The van der Waals surface area contributed by atoms with Crippen molar-refractivity contribution in [3.63, 3.8) is 0 Å². The van der Waals surface area contributed by atoms with Crippen LogP contribution in [0.4, 0.5) is 15.8 Å². The maximum atomic E-state index is 12.9. The number of sulfonamides is 1. The van der Waals surface area contributed by atoms with Gasteiger partial charge in [0, 0.05) is 24.5 Å². The monoisotopic (exact) mass is 405 g/mol. The van der Waals surface area contributed by atoms with Gasteiger partial charge in [-0.05, 0) is 61.4 Å². The second kappa shape index (κ2) is 9.16. The molecule has 0 spiro atoms. The van der Waals surface area contributed by atoms with E-state index in [0.29, 0.717) is 5.69 Å². The highest BCUT2D eigenvalue weighted by Gasteiger charge is 2.16. The molecule has 1 amide bonds. The number of rotatable bonds is 6. The van der Waals surface area contributed by atoms with E-state index in [1.807, 2.05) is 24.3 Å². The molecule has 0 unspecified atom stereocenters. The van der Waals surface area contributed by atoms with Gasteiger partial charge in [0.2, 0.25) is 15.9 Å². The van der Waals surface area contributed by atoms with E-state index in [1.165, 1.54) is 25.7 Å². The van der Waals surface area contributed by atoms with Crippen LogP contribution in [0.3, 0.4) is 0 Å². The average molecular weight is 405 g/mol. The summed E-state index contributed by atoms with van der Waals surface area (Å²) in [4.78, 5) is 14.3. The first-order chi connectivity index (χ1) is 13.4. The fraction of sp³-hybridized carbons (Fsp3) is 0.350. The summed E-state index contributed by atoms with van der Waals surface area (Å²) in [5.74, 6) is -1.01. The SMILES string of the molecule is O=C(CNS(=O)(=O)c1ccc(F)cc1)Nc1ccc(N2CCCCCC2)cc1. The number of halogens is 1. The Labute approximate surface area is 164 Å². The van der Waals surface area contributed by atoms with E-state index in [-0.39, 0.29) is 4.90 Å². The van der Waals surface area contributed by atoms with E-state index in [1.54, 1.807) is 0 Å². The smallest absolute Gasteiger partial charge is 0.241 e. The number of carbonyl (C=O) groups excluding carboxylic acids is 1. The number of nitrogens with zero attached hydrogens (tertiary/aromatic N) is 1. The van der Waals surface area contributed by atoms with E-state index < -0.39 is 28.3 Å². The van der Waals surface area contributed by atoms with Crippen molar-refractivity contribution in [2.45, 2.75) is 30.6 Å². The molecular weight excluding hydrogens is 381 g/mol. The molecule has 150 valence electrons. The Morgan fingerprint density at radius 2 is 1.54 bits per heavy atom. The quantitative estimate of drug-likeness (QED) is 0.774. The summed E-state index contributed by atoms with van der Waals surface area (Å²) >= 11 is 0. The van der Waals surface area contributed by atoms with E-state index in [2.05, 4.69) is 14.9 Å². The van der Waals surface area contributed by atoms with E-state index in [4.69, 9.17) is 0 Å². The van der Waals surface area contributed by atoms with Gasteiger partial charge in [-0.25, -0.2) is 17.5 Å². The number of anilines is 2. The summed E-state index contributed by atoms with van der Waals surface area (Å²) in [5, 5.41) is 2.67. The topological polar surface area (TPSA) is 78.5 Å². The number of amides is 1. The molecule has 6 nitrogen and oxygen atoms in total. The van der Waals surface area contributed by atoms with Crippen LogP contribution in [-0.4, -0.2) is 34.0 Å². The van der Waals surface area contributed by atoms with Crippen molar-refractivity contribution in [1.29, 1.82) is 0 Å². The molecule has 3 rings (SSSR count). The molecule has 1 aliphatic heterocycles. The minimum Gasteiger partial charge on any atom is -0.372 e. The van der Waals surface area contributed by atoms with Crippen molar-refractivity contribution < 1.29 is 17.6 Å². The van der Waals surface area contributed by atoms with Gasteiger partial charge in [0.25, 0.3) is 0 Å². The summed E-state index contributed by atoms with van der Waals surface area (Å²) in [6.45, 7) is 1.67. The predicted octanol–water partition coefficient (Wildman–Crippen LogP) is 3.12. The summed E-state index contributed by atoms with van der Waals surface area (Å²) in [7, 11) is -3.87. The fourth-order valence-electron chi connectivity index (χ4n) is 3.15. The Balaban J connectivity index is 1.53. The van der Waals surface area contributed by atoms with Crippen LogP contribution in [0.5, 0.6) is 0 Å². The molecule has 1 aliphatic rings. The molecule has 0 radical (unpaired) electrons. The third-order valence-electron chi connectivity index (χ3n) is 4.67. The second-order valence-corrected chi connectivity index (χ2v) is 8.54. The van der Waals surface area contributed by atoms with Crippen LogP contribution < -0.4 is 14.9 Å². The standard InChI is InChI=1S/C20H24FN3O3S/c21-16-5-11-19(12-6-16)28(26,27)22-15-20(25)23-17-7-9-18(10-8-17)24-13-3-1-2-4-14-24/h5-12,22H,1-4,13-15H2,(H,23,25). The molecule has 2 N–H and O–H groups in total. The second-order valence-electron chi connectivity index (χ2n) is 6.77. The number of hydrogen-bond acceptors (Lipinski definition) is 4. The van der Waals surface area contributed by atoms with Gasteiger partial charge in [-0.2, -0.15) is 0 Å². The zero-order valence-electron chi connectivity index (χ0n) is 15.5. The van der Waals surface area contributed by atoms with Crippen molar-refractivity contribution >= 4 is 27.3 Å². The zero-order chi connectivity index (χ0) is 20.0. The van der Waals surface area contributed by atoms with Gasteiger partial charge < -0.3 is 10.2 Å². The van der Waals surface area contributed by atoms with Crippen molar-refractivity contribution in [2.75, 3.05) is 29.9 Å². The normalized spacial score (nSPS) is 15.1. The Hall–Kier alpha value is -2.45. The van der Waals surface area contributed by atoms with Gasteiger partial charge in [0.05, 0.1) is 11.4 Å². The molecule has 0 saturated carbocycles. The molecule has 0 atom stereocenters. The number of carbonyl (C=O) groups is 1. The predicted molar refractivity (Wildman–Crippen MR) is 107 cm³/mol. The van der Waals surface area contributed by atoms with Crippen LogP contribution in [0.1, 0.15) is 25.7 Å². The molecule has 8 heteroatoms. The Bertz CT molecular complexity index is 891. The van der Waals surface area contributed by atoms with Gasteiger partial charge in [-0.1, -0.05) is 12.8 Å². The molecule has 1 heterocycles. The van der Waals surface area contributed by atoms with Crippen LogP contribution >= 0.6 is 0 Å². The van der Waals surface area contributed by atoms with Gasteiger partial charge in [0.15, 0.2) is 0 Å². The van der Waals surface area contributed by atoms with Crippen molar-refractivity contribution in [2.24, 2.45) is 0 Å². The molecule has 28 heavy (non-hydrogen) atoms. The number of benzene rings is 2. The molecule has 0 bridgehead atoms. The highest BCUT2D eigenvalue weighted by molar-refractivity contribution is 7.89. The van der Waals surface area contributed by atoms with E-state index in [9.17, 15) is 17.6 Å². The number of hydrogen-bond donors (Lipinski definition) is 2. The zero-order valence-corrected chi connectivity index (χ0v) is 16.3. The minimum absolute atomic E-state index is 0.0940. The molecular formula is C20H24FN3O3S. The molecule has 1 fully saturated rings. The maximum absolute atomic E-state index is 12.9. The van der Waals surface area contributed by atoms with Gasteiger partial charge >= 0.3 is 0 Å². The first-order valence-electron chi connectivity index (χ1n) is 9.34. The Morgan fingerprint density at radius 1 is 0.929 bits per heavy atom. The summed E-state index contributed by atoms with van der Waals surface area (Å²) < 4.78 is 39.4. The Kier molecular flexibility index (Phi) is 6.64. The third-order valence-corrected chi connectivity index (χ3v) is 6.09. The van der Waals surface area contributed by atoms with Crippen LogP contribution in [0, 0.1) is 5.82 Å². The van der Waals surface area contributed by atoms with Gasteiger partial charge in [-0.15, -0.1) is 0 Å². The maximum Gasteiger partial charge on any atom is 0.241 e. The minimum atomic E-state index is -3.87. The van der Waals surface area contributed by atoms with E-state index >= 15 is 0 Å². The van der Waals surface area contributed by atoms with Gasteiger partial charge in [0.1, 0.15) is 5.82 Å². The van der Waals surface area contributed by atoms with Crippen molar-refractivity contribution in [1.82, 2.24) is 4.72 Å². The highest BCUT2D eigenvalue weighted by Crippen LogP contribution is 2.21. The summed E-state index contributed by atoms with van der Waals surface area (Å²) in [5.41, 5.74) is 1.72. The molecule has 0 aromatic heterocycles. The summed E-state index contributed by atoms with van der Waals surface area (Å²) in [6.07, 6.45) is 4.90. The molecule has 0 aliphatic carbocycles. The number of nitrogens with one attached hydrogen (secondary N) is 2. The Morgan fingerprint density at radius 3 is 2.14 bits per heavy atom. The van der Waals surface area contributed by atoms with Crippen LogP contribution in [0.25, 0.3) is 0 Å². The van der Waals surface area contributed by atoms with Crippen molar-refractivity contribution in [3.8, 4) is 0 Å². The van der Waals surface area contributed by atoms with Crippen LogP contribution in [0.15, 0.2) is 53.4 Å². The fourth-order valence-corrected chi connectivity index (χ4v) is 4.13. The summed E-state index contributed by atoms with van der Waals surface area (Å²) in [6, 6.07) is 12.0. The van der Waals surface area contributed by atoms with Gasteiger partial charge in [-0.3, -0.25) is 4.79 Å². The molecule has 2 aromatic rings. The lowest BCUT2D eigenvalue weighted by molar-refractivity contribution is -0.115. The van der Waals surface area contributed by atoms with Crippen LogP contribution in [0.2, 0.25) is 0 Å². The third kappa shape index (κ3) is 5.53. The first kappa shape index (κ1) is 20.3. The van der Waals surface area contributed by atoms with Crippen molar-refractivity contribution in [3.05, 3.63) is 54.3 Å². The highest BCUT2D eigenvalue weighted by atomic mass is 32.2. The largest absolute Gasteiger partial charge is 0.372 e. The lowest BCUT2D eigenvalue weighted by Gasteiger charge is -2.22. The molecule has 1 saturated heterocycles.